The Morgan fingerprint density at radius 1 is 1.12 bits per heavy atom. The van der Waals surface area contributed by atoms with Gasteiger partial charge in [-0.3, -0.25) is 4.79 Å². The Morgan fingerprint density at radius 3 is 2.29 bits per heavy atom. The molecule has 0 saturated carbocycles. The molecular weight excluding hydrogens is 214 g/mol. The maximum atomic E-state index is 10.5. The van der Waals surface area contributed by atoms with Crippen LogP contribution in [0.25, 0.3) is 0 Å². The number of carboxylic acid groups (broad SMARTS) is 1. The molecule has 1 heterocycles. The molecule has 100 valence electrons. The van der Waals surface area contributed by atoms with Gasteiger partial charge in [0.2, 0.25) is 0 Å². The van der Waals surface area contributed by atoms with Crippen LogP contribution in [0.3, 0.4) is 0 Å². The average molecular weight is 241 g/mol. The molecule has 0 aromatic carbocycles. The Hall–Kier alpha value is -0.570. The van der Waals surface area contributed by atoms with Crippen molar-refractivity contribution in [2.45, 2.75) is 58.3 Å². The second-order valence-electron chi connectivity index (χ2n) is 5.34. The van der Waals surface area contributed by atoms with Crippen molar-refractivity contribution in [3.63, 3.8) is 0 Å². The number of hydrogen-bond donors (Lipinski definition) is 1. The number of rotatable bonds is 10. The molecule has 0 aliphatic carbocycles. The van der Waals surface area contributed by atoms with E-state index >= 15 is 0 Å². The summed E-state index contributed by atoms with van der Waals surface area (Å²) in [6.45, 7) is 5.42. The smallest absolute Gasteiger partial charge is 0.303 e. The minimum absolute atomic E-state index is 0.355. The maximum absolute atomic E-state index is 10.5. The first-order valence-corrected chi connectivity index (χ1v) is 7.16. The van der Waals surface area contributed by atoms with Gasteiger partial charge in [0.15, 0.2) is 0 Å². The Labute approximate surface area is 105 Å². The fourth-order valence-electron chi connectivity index (χ4n) is 2.53. The highest BCUT2D eigenvalue weighted by Gasteiger charge is 2.27. The van der Waals surface area contributed by atoms with Crippen molar-refractivity contribution in [3.8, 4) is 0 Å². The number of hydrogen-bond acceptors (Lipinski definition) is 2. The van der Waals surface area contributed by atoms with Crippen molar-refractivity contribution in [2.24, 2.45) is 5.92 Å². The van der Waals surface area contributed by atoms with Crippen LogP contribution in [0.2, 0.25) is 0 Å². The molecule has 0 spiro atoms. The second kappa shape index (κ2) is 8.51. The van der Waals surface area contributed by atoms with E-state index in [-0.39, 0.29) is 0 Å². The molecule has 0 aromatic heterocycles. The first-order chi connectivity index (χ1) is 8.22. The molecule has 17 heavy (non-hydrogen) atoms. The number of unbranched alkanes of at least 4 members (excludes halogenated alkanes) is 6. The van der Waals surface area contributed by atoms with Gasteiger partial charge in [0.1, 0.15) is 0 Å². The zero-order valence-corrected chi connectivity index (χ0v) is 11.2. The lowest BCUT2D eigenvalue weighted by Gasteiger charge is -2.38. The monoisotopic (exact) mass is 241 g/mol. The number of carboxylic acids is 1. The van der Waals surface area contributed by atoms with E-state index in [1.54, 1.807) is 0 Å². The third-order valence-electron chi connectivity index (χ3n) is 3.57. The first kappa shape index (κ1) is 14.5. The zero-order chi connectivity index (χ0) is 12.5. The van der Waals surface area contributed by atoms with Gasteiger partial charge < -0.3 is 10.0 Å². The molecule has 0 unspecified atom stereocenters. The van der Waals surface area contributed by atoms with E-state index in [4.69, 9.17) is 5.11 Å². The van der Waals surface area contributed by atoms with Crippen LogP contribution in [0.15, 0.2) is 0 Å². The molecule has 0 amide bonds. The van der Waals surface area contributed by atoms with Crippen molar-refractivity contribution in [1.29, 1.82) is 0 Å². The summed E-state index contributed by atoms with van der Waals surface area (Å²) in [5.74, 6) is -0.234. The molecule has 1 aliphatic heterocycles. The van der Waals surface area contributed by atoms with Crippen molar-refractivity contribution in [1.82, 2.24) is 4.90 Å². The first-order valence-electron chi connectivity index (χ1n) is 7.16. The Bertz CT molecular complexity index is 212. The molecule has 0 radical (unpaired) electrons. The maximum Gasteiger partial charge on any atom is 0.303 e. The Morgan fingerprint density at radius 2 is 1.71 bits per heavy atom. The molecular formula is C14H27NO2. The van der Waals surface area contributed by atoms with Gasteiger partial charge >= 0.3 is 5.97 Å². The van der Waals surface area contributed by atoms with Gasteiger partial charge in [-0.2, -0.15) is 0 Å². The number of nitrogens with zero attached hydrogens (tertiary/aromatic N) is 1. The number of aliphatic carboxylic acids is 1. The standard InChI is InChI=1S/C14H27NO2/c1-2-3-4-5-6-7-8-9-15-11-13(12-15)10-14(16)17/h13H,2-12H2,1H3,(H,16,17). The number of likely N-dealkylation sites (tertiary alicyclic amines) is 1. The molecule has 3 nitrogen and oxygen atoms in total. The summed E-state index contributed by atoms with van der Waals surface area (Å²) in [4.78, 5) is 12.9. The van der Waals surface area contributed by atoms with Gasteiger partial charge in [-0.25, -0.2) is 0 Å². The highest BCUT2D eigenvalue weighted by atomic mass is 16.4. The van der Waals surface area contributed by atoms with Gasteiger partial charge in [-0.1, -0.05) is 45.4 Å². The third kappa shape index (κ3) is 6.67. The van der Waals surface area contributed by atoms with Crippen LogP contribution in [-0.2, 0) is 4.79 Å². The van der Waals surface area contributed by atoms with Gasteiger partial charge in [-0.05, 0) is 18.9 Å². The molecule has 0 atom stereocenters. The van der Waals surface area contributed by atoms with Crippen LogP contribution in [0.1, 0.15) is 58.3 Å². The van der Waals surface area contributed by atoms with Gasteiger partial charge in [-0.15, -0.1) is 0 Å². The summed E-state index contributed by atoms with van der Waals surface area (Å²) in [5.41, 5.74) is 0. The fraction of sp³-hybridized carbons (Fsp3) is 0.929. The molecule has 3 heteroatoms. The summed E-state index contributed by atoms with van der Waals surface area (Å²) in [6.07, 6.45) is 9.81. The van der Waals surface area contributed by atoms with E-state index in [2.05, 4.69) is 11.8 Å². The highest BCUT2D eigenvalue weighted by molar-refractivity contribution is 5.67. The molecule has 1 rings (SSSR count). The fourth-order valence-corrected chi connectivity index (χ4v) is 2.53. The Kier molecular flexibility index (Phi) is 7.25. The summed E-state index contributed by atoms with van der Waals surface area (Å²) < 4.78 is 0. The van der Waals surface area contributed by atoms with Crippen molar-refractivity contribution < 1.29 is 9.90 Å². The highest BCUT2D eigenvalue weighted by Crippen LogP contribution is 2.19. The van der Waals surface area contributed by atoms with E-state index in [0.29, 0.717) is 12.3 Å². The van der Waals surface area contributed by atoms with Crippen LogP contribution in [0.5, 0.6) is 0 Å². The predicted octanol–water partition coefficient (Wildman–Crippen LogP) is 3.14. The molecule has 0 bridgehead atoms. The van der Waals surface area contributed by atoms with Crippen molar-refractivity contribution in [3.05, 3.63) is 0 Å². The lowest BCUT2D eigenvalue weighted by atomic mass is 9.96. The van der Waals surface area contributed by atoms with E-state index in [1.807, 2.05) is 0 Å². The minimum Gasteiger partial charge on any atom is -0.481 e. The largest absolute Gasteiger partial charge is 0.481 e. The minimum atomic E-state index is -0.648. The van der Waals surface area contributed by atoms with Crippen molar-refractivity contribution >= 4 is 5.97 Å². The van der Waals surface area contributed by atoms with Crippen LogP contribution in [-0.4, -0.2) is 35.6 Å². The molecule has 1 N–H and O–H groups in total. The second-order valence-corrected chi connectivity index (χ2v) is 5.34. The predicted molar refractivity (Wildman–Crippen MR) is 70.2 cm³/mol. The number of carbonyl (C=O) groups is 1. The topological polar surface area (TPSA) is 40.5 Å². The quantitative estimate of drug-likeness (QED) is 0.597. The summed E-state index contributed by atoms with van der Waals surface area (Å²) in [7, 11) is 0. The van der Waals surface area contributed by atoms with Crippen LogP contribution in [0.4, 0.5) is 0 Å². The Balaban J connectivity index is 1.81. The summed E-state index contributed by atoms with van der Waals surface area (Å²) in [6, 6.07) is 0. The lowest BCUT2D eigenvalue weighted by Crippen LogP contribution is -2.47. The normalized spacial score (nSPS) is 17.0. The van der Waals surface area contributed by atoms with Crippen LogP contribution >= 0.6 is 0 Å². The zero-order valence-electron chi connectivity index (χ0n) is 11.2. The van der Waals surface area contributed by atoms with Crippen LogP contribution in [0, 0.1) is 5.92 Å². The van der Waals surface area contributed by atoms with Gasteiger partial charge in [0, 0.05) is 13.1 Å². The van der Waals surface area contributed by atoms with Gasteiger partial charge in [0.05, 0.1) is 6.42 Å². The molecule has 1 aliphatic rings. The van der Waals surface area contributed by atoms with E-state index < -0.39 is 5.97 Å². The SMILES string of the molecule is CCCCCCCCCN1CC(CC(=O)O)C1. The third-order valence-corrected chi connectivity index (χ3v) is 3.57. The molecule has 1 fully saturated rings. The summed E-state index contributed by atoms with van der Waals surface area (Å²) in [5, 5.41) is 8.63. The average Bonchev–Trinajstić information content (AvgIpc) is 2.23. The van der Waals surface area contributed by atoms with Crippen molar-refractivity contribution in [2.75, 3.05) is 19.6 Å². The summed E-state index contributed by atoms with van der Waals surface area (Å²) >= 11 is 0. The van der Waals surface area contributed by atoms with E-state index in [9.17, 15) is 4.79 Å². The van der Waals surface area contributed by atoms with Gasteiger partial charge in [0.25, 0.3) is 0 Å². The van der Waals surface area contributed by atoms with Crippen LogP contribution < -0.4 is 0 Å². The molecule has 1 saturated heterocycles. The lowest BCUT2D eigenvalue weighted by molar-refractivity contribution is -0.139. The van der Waals surface area contributed by atoms with E-state index in [0.717, 1.165) is 13.1 Å². The van der Waals surface area contributed by atoms with E-state index in [1.165, 1.54) is 51.5 Å². The molecule has 0 aromatic rings.